The molecule has 17 heavy (non-hydrogen) atoms. The van der Waals surface area contributed by atoms with Crippen LogP contribution in [0.3, 0.4) is 0 Å². The van der Waals surface area contributed by atoms with Crippen LogP contribution >= 0.6 is 22.6 Å². The molecule has 0 bridgehead atoms. The van der Waals surface area contributed by atoms with Gasteiger partial charge in [-0.3, -0.25) is 0 Å². The summed E-state index contributed by atoms with van der Waals surface area (Å²) in [5.41, 5.74) is 2.65. The number of halogens is 1. The van der Waals surface area contributed by atoms with Crippen molar-refractivity contribution in [2.75, 3.05) is 0 Å². The number of aromatic carboxylic acids is 1. The summed E-state index contributed by atoms with van der Waals surface area (Å²) in [6, 6.07) is 7.90. The maximum atomic E-state index is 10.9. The molecule has 0 aliphatic heterocycles. The van der Waals surface area contributed by atoms with Crippen LogP contribution in [0.4, 0.5) is 0 Å². The first-order valence-electron chi connectivity index (χ1n) is 5.00. The number of aryl methyl sites for hydroxylation is 1. The fraction of sp³-hybridized carbons (Fsp3) is 0.167. The average molecular weight is 343 g/mol. The van der Waals surface area contributed by atoms with Crippen molar-refractivity contribution in [2.24, 2.45) is 0 Å². The molecule has 1 aromatic heterocycles. The molecule has 5 heteroatoms. The minimum absolute atomic E-state index is 0.0741. The molecule has 88 valence electrons. The summed E-state index contributed by atoms with van der Waals surface area (Å²) in [5, 5.41) is 8.96. The summed E-state index contributed by atoms with van der Waals surface area (Å²) in [4.78, 5) is 15.0. The summed E-state index contributed by atoms with van der Waals surface area (Å²) in [6.07, 6.45) is 0.467. The SMILES string of the molecule is Cc1ccc(Cc2nc(I)oc2C(=O)O)cc1. The van der Waals surface area contributed by atoms with Gasteiger partial charge in [-0.1, -0.05) is 29.8 Å². The number of carbonyl (C=O) groups is 1. The smallest absolute Gasteiger partial charge is 0.373 e. The van der Waals surface area contributed by atoms with Crippen LogP contribution in [-0.4, -0.2) is 16.1 Å². The van der Waals surface area contributed by atoms with Crippen LogP contribution < -0.4 is 0 Å². The molecule has 4 nitrogen and oxygen atoms in total. The highest BCUT2D eigenvalue weighted by molar-refractivity contribution is 14.1. The maximum Gasteiger partial charge on any atom is 0.373 e. The number of nitrogens with zero attached hydrogens (tertiary/aromatic N) is 1. The molecule has 1 aromatic carbocycles. The lowest BCUT2D eigenvalue weighted by Gasteiger charge is -1.99. The number of carboxylic acid groups (broad SMARTS) is 1. The number of rotatable bonds is 3. The van der Waals surface area contributed by atoms with Gasteiger partial charge in [-0.25, -0.2) is 9.78 Å². The summed E-state index contributed by atoms with van der Waals surface area (Å²) < 4.78 is 5.40. The Balaban J connectivity index is 2.29. The molecule has 0 atom stereocenters. The van der Waals surface area contributed by atoms with Crippen LogP contribution in [0.2, 0.25) is 0 Å². The van der Waals surface area contributed by atoms with Gasteiger partial charge >= 0.3 is 5.97 Å². The van der Waals surface area contributed by atoms with Crippen molar-refractivity contribution in [3.63, 3.8) is 0 Å². The molecule has 1 N–H and O–H groups in total. The molecule has 0 saturated carbocycles. The Morgan fingerprint density at radius 3 is 2.65 bits per heavy atom. The summed E-state index contributed by atoms with van der Waals surface area (Å²) >= 11 is 1.87. The van der Waals surface area contributed by atoms with E-state index in [0.29, 0.717) is 16.0 Å². The van der Waals surface area contributed by atoms with Crippen molar-refractivity contribution in [2.45, 2.75) is 13.3 Å². The summed E-state index contributed by atoms with van der Waals surface area (Å²) in [5.74, 6) is -1.16. The van der Waals surface area contributed by atoms with Crippen LogP contribution in [0.25, 0.3) is 0 Å². The number of hydrogen-bond acceptors (Lipinski definition) is 3. The second-order valence-corrected chi connectivity index (χ2v) is 4.63. The van der Waals surface area contributed by atoms with Gasteiger partial charge in [-0.15, -0.1) is 0 Å². The quantitative estimate of drug-likeness (QED) is 0.871. The fourth-order valence-corrected chi connectivity index (χ4v) is 2.02. The monoisotopic (exact) mass is 343 g/mol. The van der Waals surface area contributed by atoms with Crippen molar-refractivity contribution < 1.29 is 14.3 Å². The minimum Gasteiger partial charge on any atom is -0.475 e. The number of carboxylic acids is 1. The molecular formula is C12H10INO3. The lowest BCUT2D eigenvalue weighted by Crippen LogP contribution is -2.00. The van der Waals surface area contributed by atoms with Gasteiger partial charge in [0.15, 0.2) is 0 Å². The van der Waals surface area contributed by atoms with Crippen molar-refractivity contribution in [1.82, 2.24) is 4.98 Å². The van der Waals surface area contributed by atoms with Crippen molar-refractivity contribution in [3.05, 3.63) is 50.7 Å². The van der Waals surface area contributed by atoms with Crippen molar-refractivity contribution in [3.8, 4) is 0 Å². The average Bonchev–Trinajstić information content (AvgIpc) is 2.63. The number of benzene rings is 1. The Morgan fingerprint density at radius 1 is 1.41 bits per heavy atom. The Kier molecular flexibility index (Phi) is 3.46. The third-order valence-electron chi connectivity index (χ3n) is 2.36. The van der Waals surface area contributed by atoms with E-state index in [1.807, 2.05) is 53.8 Å². The van der Waals surface area contributed by atoms with E-state index in [1.165, 1.54) is 5.56 Å². The highest BCUT2D eigenvalue weighted by Gasteiger charge is 2.18. The van der Waals surface area contributed by atoms with Crippen LogP contribution in [0.1, 0.15) is 27.4 Å². The Labute approximate surface area is 112 Å². The van der Waals surface area contributed by atoms with Gasteiger partial charge in [0, 0.05) is 29.0 Å². The lowest BCUT2D eigenvalue weighted by atomic mass is 10.1. The first-order chi connectivity index (χ1) is 8.06. The molecule has 0 aliphatic rings. The van der Waals surface area contributed by atoms with E-state index in [4.69, 9.17) is 9.52 Å². The molecule has 0 unspecified atom stereocenters. The lowest BCUT2D eigenvalue weighted by molar-refractivity contribution is 0.0659. The number of aromatic nitrogens is 1. The van der Waals surface area contributed by atoms with E-state index in [-0.39, 0.29) is 5.76 Å². The molecule has 0 aliphatic carbocycles. The Morgan fingerprint density at radius 2 is 2.06 bits per heavy atom. The van der Waals surface area contributed by atoms with Gasteiger partial charge < -0.3 is 9.52 Å². The van der Waals surface area contributed by atoms with Gasteiger partial charge in [0.2, 0.25) is 5.76 Å². The molecule has 0 fully saturated rings. The van der Waals surface area contributed by atoms with Crippen molar-refractivity contribution in [1.29, 1.82) is 0 Å². The van der Waals surface area contributed by atoms with E-state index in [1.54, 1.807) is 0 Å². The van der Waals surface area contributed by atoms with Crippen LogP contribution in [-0.2, 0) is 6.42 Å². The Bertz CT molecular complexity index is 545. The normalized spacial score (nSPS) is 10.5. The molecule has 0 radical (unpaired) electrons. The number of oxazole rings is 1. The zero-order valence-electron chi connectivity index (χ0n) is 9.11. The second-order valence-electron chi connectivity index (χ2n) is 3.71. The summed E-state index contributed by atoms with van der Waals surface area (Å²) in [6.45, 7) is 2.01. The topological polar surface area (TPSA) is 63.3 Å². The van der Waals surface area contributed by atoms with Crippen LogP contribution in [0, 0.1) is 10.8 Å². The molecule has 2 rings (SSSR count). The number of hydrogen-bond donors (Lipinski definition) is 1. The third kappa shape index (κ3) is 2.85. The predicted molar refractivity (Wildman–Crippen MR) is 70.2 cm³/mol. The largest absolute Gasteiger partial charge is 0.475 e. The van der Waals surface area contributed by atoms with E-state index in [9.17, 15) is 4.79 Å². The van der Waals surface area contributed by atoms with Gasteiger partial charge in [-0.05, 0) is 12.5 Å². The standard InChI is InChI=1S/C12H10INO3/c1-7-2-4-8(5-3-7)6-9-10(11(15)16)17-12(13)14-9/h2-5H,6H2,1H3,(H,15,16). The fourth-order valence-electron chi connectivity index (χ4n) is 1.51. The minimum atomic E-state index is -1.08. The molecule has 2 aromatic rings. The van der Waals surface area contributed by atoms with Gasteiger partial charge in [0.05, 0.1) is 5.69 Å². The molecule has 0 saturated heterocycles. The van der Waals surface area contributed by atoms with Crippen molar-refractivity contribution >= 4 is 28.6 Å². The molecule has 1 heterocycles. The van der Waals surface area contributed by atoms with E-state index in [0.717, 1.165) is 5.56 Å². The maximum absolute atomic E-state index is 10.9. The van der Waals surface area contributed by atoms with Gasteiger partial charge in [-0.2, -0.15) is 0 Å². The summed E-state index contributed by atoms with van der Waals surface area (Å²) in [7, 11) is 0. The highest BCUT2D eigenvalue weighted by Crippen LogP contribution is 2.17. The molecule has 0 amide bonds. The van der Waals surface area contributed by atoms with E-state index >= 15 is 0 Å². The molecule has 0 spiro atoms. The first kappa shape index (κ1) is 12.1. The zero-order chi connectivity index (χ0) is 12.4. The van der Waals surface area contributed by atoms with E-state index < -0.39 is 5.97 Å². The first-order valence-corrected chi connectivity index (χ1v) is 6.08. The Hall–Kier alpha value is -1.37. The van der Waals surface area contributed by atoms with E-state index in [2.05, 4.69) is 4.98 Å². The van der Waals surface area contributed by atoms with Gasteiger partial charge in [0.25, 0.3) is 3.90 Å². The second kappa shape index (κ2) is 4.87. The zero-order valence-corrected chi connectivity index (χ0v) is 11.3. The molecular weight excluding hydrogens is 333 g/mol. The predicted octanol–water partition coefficient (Wildman–Crippen LogP) is 2.88. The van der Waals surface area contributed by atoms with Crippen LogP contribution in [0.5, 0.6) is 0 Å². The van der Waals surface area contributed by atoms with Gasteiger partial charge in [0.1, 0.15) is 0 Å². The third-order valence-corrected chi connectivity index (χ3v) is 2.82. The highest BCUT2D eigenvalue weighted by atomic mass is 127. The van der Waals surface area contributed by atoms with Crippen LogP contribution in [0.15, 0.2) is 28.7 Å².